The first-order valence-electron chi connectivity index (χ1n) is 6.21. The van der Waals surface area contributed by atoms with E-state index in [4.69, 9.17) is 20.6 Å². The number of methoxy groups -OCH3 is 1. The third-order valence-electron chi connectivity index (χ3n) is 2.31. The average molecular weight is 279 g/mol. The van der Waals surface area contributed by atoms with Crippen molar-refractivity contribution in [3.05, 3.63) is 23.8 Å². The SMILES string of the molecule is COc1cc(NC(=O)OC(C)(C)C)ccc1CC(=N)N. The molecule has 0 aliphatic rings. The van der Waals surface area contributed by atoms with Gasteiger partial charge in [-0.15, -0.1) is 0 Å². The molecule has 1 rings (SSSR count). The minimum atomic E-state index is -0.553. The summed E-state index contributed by atoms with van der Waals surface area (Å²) in [5, 5.41) is 9.93. The summed E-state index contributed by atoms with van der Waals surface area (Å²) in [5.41, 5.74) is 6.17. The van der Waals surface area contributed by atoms with Crippen LogP contribution in [-0.4, -0.2) is 24.6 Å². The quantitative estimate of drug-likeness (QED) is 0.582. The van der Waals surface area contributed by atoms with Gasteiger partial charge in [0.1, 0.15) is 11.4 Å². The highest BCUT2D eigenvalue weighted by molar-refractivity contribution is 5.86. The highest BCUT2D eigenvalue weighted by Gasteiger charge is 2.16. The van der Waals surface area contributed by atoms with E-state index in [9.17, 15) is 4.79 Å². The molecule has 4 N–H and O–H groups in total. The molecule has 0 aromatic heterocycles. The smallest absolute Gasteiger partial charge is 0.412 e. The molecule has 0 radical (unpaired) electrons. The summed E-state index contributed by atoms with van der Waals surface area (Å²) in [5.74, 6) is 0.616. The molecule has 6 heteroatoms. The van der Waals surface area contributed by atoms with Gasteiger partial charge in [0.15, 0.2) is 0 Å². The Morgan fingerprint density at radius 3 is 2.55 bits per heavy atom. The molecular weight excluding hydrogens is 258 g/mol. The lowest BCUT2D eigenvalue weighted by molar-refractivity contribution is 0.0636. The Kier molecular flexibility index (Phi) is 4.96. The van der Waals surface area contributed by atoms with Gasteiger partial charge in [-0.1, -0.05) is 6.07 Å². The number of amidine groups is 1. The Morgan fingerprint density at radius 2 is 2.05 bits per heavy atom. The molecule has 0 heterocycles. The van der Waals surface area contributed by atoms with Crippen molar-refractivity contribution >= 4 is 17.6 Å². The molecule has 0 saturated carbocycles. The predicted molar refractivity (Wildman–Crippen MR) is 78.5 cm³/mol. The molecule has 0 bridgehead atoms. The Bertz CT molecular complexity index is 507. The van der Waals surface area contributed by atoms with Crippen molar-refractivity contribution in [2.24, 2.45) is 5.73 Å². The summed E-state index contributed by atoms with van der Waals surface area (Å²) in [7, 11) is 1.52. The first-order chi connectivity index (χ1) is 9.21. The number of ether oxygens (including phenoxy) is 2. The van der Waals surface area contributed by atoms with Crippen LogP contribution in [0.3, 0.4) is 0 Å². The molecule has 0 fully saturated rings. The number of rotatable bonds is 4. The summed E-state index contributed by atoms with van der Waals surface area (Å²) in [6.45, 7) is 5.38. The van der Waals surface area contributed by atoms with Crippen molar-refractivity contribution in [1.82, 2.24) is 0 Å². The first kappa shape index (κ1) is 15.8. The van der Waals surface area contributed by atoms with E-state index in [2.05, 4.69) is 5.32 Å². The topological polar surface area (TPSA) is 97.4 Å². The number of anilines is 1. The van der Waals surface area contributed by atoms with Gasteiger partial charge >= 0.3 is 6.09 Å². The van der Waals surface area contributed by atoms with E-state index in [0.29, 0.717) is 17.9 Å². The van der Waals surface area contributed by atoms with E-state index in [-0.39, 0.29) is 5.84 Å². The van der Waals surface area contributed by atoms with Crippen LogP contribution >= 0.6 is 0 Å². The lowest BCUT2D eigenvalue weighted by atomic mass is 10.1. The molecule has 1 amide bonds. The van der Waals surface area contributed by atoms with E-state index in [0.717, 1.165) is 5.56 Å². The van der Waals surface area contributed by atoms with Gasteiger partial charge in [0.2, 0.25) is 0 Å². The zero-order valence-electron chi connectivity index (χ0n) is 12.2. The number of carbonyl (C=O) groups excluding carboxylic acids is 1. The largest absolute Gasteiger partial charge is 0.496 e. The van der Waals surface area contributed by atoms with Gasteiger partial charge < -0.3 is 15.2 Å². The Hall–Kier alpha value is -2.24. The van der Waals surface area contributed by atoms with Gasteiger partial charge in [-0.3, -0.25) is 10.7 Å². The average Bonchev–Trinajstić information content (AvgIpc) is 2.27. The predicted octanol–water partition coefficient (Wildman–Crippen LogP) is 2.52. The molecule has 1 aromatic rings. The monoisotopic (exact) mass is 279 g/mol. The van der Waals surface area contributed by atoms with Crippen LogP contribution < -0.4 is 15.8 Å². The van der Waals surface area contributed by atoms with E-state index in [1.165, 1.54) is 7.11 Å². The second-order valence-corrected chi connectivity index (χ2v) is 5.36. The number of hydrogen-bond acceptors (Lipinski definition) is 4. The molecule has 0 aliphatic heterocycles. The van der Waals surface area contributed by atoms with E-state index >= 15 is 0 Å². The number of carbonyl (C=O) groups is 1. The lowest BCUT2D eigenvalue weighted by Crippen LogP contribution is -2.27. The molecular formula is C14H21N3O3. The maximum absolute atomic E-state index is 11.7. The summed E-state index contributed by atoms with van der Waals surface area (Å²) in [6.07, 6.45) is -0.227. The van der Waals surface area contributed by atoms with Crippen molar-refractivity contribution in [3.8, 4) is 5.75 Å². The Labute approximate surface area is 118 Å². The third kappa shape index (κ3) is 5.17. The maximum atomic E-state index is 11.7. The second kappa shape index (κ2) is 6.27. The van der Waals surface area contributed by atoms with Crippen LogP contribution in [0.2, 0.25) is 0 Å². The third-order valence-corrected chi connectivity index (χ3v) is 2.31. The maximum Gasteiger partial charge on any atom is 0.412 e. The minimum Gasteiger partial charge on any atom is -0.496 e. The van der Waals surface area contributed by atoms with E-state index in [1.54, 1.807) is 39.0 Å². The van der Waals surface area contributed by atoms with Crippen LogP contribution in [0.1, 0.15) is 26.3 Å². The molecule has 0 atom stereocenters. The molecule has 0 spiro atoms. The van der Waals surface area contributed by atoms with Crippen molar-refractivity contribution in [2.45, 2.75) is 32.8 Å². The van der Waals surface area contributed by atoms with Gasteiger partial charge in [0.05, 0.1) is 12.9 Å². The van der Waals surface area contributed by atoms with E-state index in [1.807, 2.05) is 0 Å². The van der Waals surface area contributed by atoms with Crippen molar-refractivity contribution in [3.63, 3.8) is 0 Å². The fourth-order valence-corrected chi connectivity index (χ4v) is 1.60. The highest BCUT2D eigenvalue weighted by Crippen LogP contribution is 2.24. The number of hydrogen-bond donors (Lipinski definition) is 3. The van der Waals surface area contributed by atoms with Crippen LogP contribution in [0.15, 0.2) is 18.2 Å². The normalized spacial score (nSPS) is 10.8. The minimum absolute atomic E-state index is 0.0520. The number of nitrogens with one attached hydrogen (secondary N) is 2. The Morgan fingerprint density at radius 1 is 1.40 bits per heavy atom. The fraction of sp³-hybridized carbons (Fsp3) is 0.429. The molecule has 0 unspecified atom stereocenters. The van der Waals surface area contributed by atoms with Crippen LogP contribution in [0.5, 0.6) is 5.75 Å². The van der Waals surface area contributed by atoms with Gasteiger partial charge in [0, 0.05) is 23.7 Å². The molecule has 20 heavy (non-hydrogen) atoms. The summed E-state index contributed by atoms with van der Waals surface area (Å²) in [6, 6.07) is 5.14. The fourth-order valence-electron chi connectivity index (χ4n) is 1.60. The highest BCUT2D eigenvalue weighted by atomic mass is 16.6. The molecule has 0 aliphatic carbocycles. The van der Waals surface area contributed by atoms with Crippen LogP contribution in [0.25, 0.3) is 0 Å². The molecule has 6 nitrogen and oxygen atoms in total. The molecule has 1 aromatic carbocycles. The van der Waals surface area contributed by atoms with Crippen molar-refractivity contribution < 1.29 is 14.3 Å². The molecule has 110 valence electrons. The number of nitrogens with two attached hydrogens (primary N) is 1. The summed E-state index contributed by atoms with van der Waals surface area (Å²) in [4.78, 5) is 11.7. The van der Waals surface area contributed by atoms with Gasteiger partial charge in [-0.25, -0.2) is 4.79 Å². The zero-order valence-corrected chi connectivity index (χ0v) is 12.2. The lowest BCUT2D eigenvalue weighted by Gasteiger charge is -2.20. The van der Waals surface area contributed by atoms with Crippen molar-refractivity contribution in [2.75, 3.05) is 12.4 Å². The molecule has 0 saturated heterocycles. The Balaban J connectivity index is 2.82. The van der Waals surface area contributed by atoms with Gasteiger partial charge in [-0.05, 0) is 26.8 Å². The van der Waals surface area contributed by atoms with E-state index < -0.39 is 11.7 Å². The zero-order chi connectivity index (χ0) is 15.3. The van der Waals surface area contributed by atoms with Crippen LogP contribution in [0.4, 0.5) is 10.5 Å². The van der Waals surface area contributed by atoms with Gasteiger partial charge in [-0.2, -0.15) is 0 Å². The summed E-state index contributed by atoms with van der Waals surface area (Å²) < 4.78 is 10.4. The van der Waals surface area contributed by atoms with Crippen LogP contribution in [-0.2, 0) is 11.2 Å². The van der Waals surface area contributed by atoms with Gasteiger partial charge in [0.25, 0.3) is 0 Å². The second-order valence-electron chi connectivity index (χ2n) is 5.36. The standard InChI is InChI=1S/C14H21N3O3/c1-14(2,3)20-13(18)17-10-6-5-9(7-12(15)16)11(8-10)19-4/h5-6,8H,7H2,1-4H3,(H3,15,16)(H,17,18). The summed E-state index contributed by atoms with van der Waals surface area (Å²) >= 11 is 0. The van der Waals surface area contributed by atoms with Crippen molar-refractivity contribution in [1.29, 1.82) is 5.41 Å². The number of benzene rings is 1. The number of amides is 1. The first-order valence-corrected chi connectivity index (χ1v) is 6.21. The van der Waals surface area contributed by atoms with Crippen LogP contribution in [0, 0.1) is 5.41 Å².